The van der Waals surface area contributed by atoms with E-state index in [4.69, 9.17) is 5.11 Å². The molecule has 0 spiro atoms. The van der Waals surface area contributed by atoms with E-state index >= 15 is 0 Å². The predicted molar refractivity (Wildman–Crippen MR) is 71.4 cm³/mol. The van der Waals surface area contributed by atoms with Crippen molar-refractivity contribution >= 4 is 16.7 Å². The van der Waals surface area contributed by atoms with Gasteiger partial charge in [-0.15, -0.1) is 0 Å². The minimum absolute atomic E-state index is 0.318. The van der Waals surface area contributed by atoms with Gasteiger partial charge >= 0.3 is 5.97 Å². The van der Waals surface area contributed by atoms with E-state index in [1.807, 2.05) is 25.5 Å². The molecule has 0 aromatic carbocycles. The van der Waals surface area contributed by atoms with Gasteiger partial charge in [-0.1, -0.05) is 6.92 Å². The summed E-state index contributed by atoms with van der Waals surface area (Å²) in [5.74, 6) is -1.04. The first-order chi connectivity index (χ1) is 8.90. The van der Waals surface area contributed by atoms with Crippen LogP contribution in [-0.4, -0.2) is 25.4 Å². The molecule has 102 valence electrons. The Morgan fingerprint density at radius 3 is 2.58 bits per heavy atom. The normalized spacial score (nSPS) is 12.8. The molecule has 0 bridgehead atoms. The summed E-state index contributed by atoms with van der Waals surface area (Å²) in [6, 6.07) is -0.920. The van der Waals surface area contributed by atoms with E-state index < -0.39 is 12.0 Å². The summed E-state index contributed by atoms with van der Waals surface area (Å²) in [5.41, 5.74) is 1.44. The number of aromatic nitrogens is 3. The Kier molecular flexibility index (Phi) is 3.18. The molecule has 0 fully saturated rings. The van der Waals surface area contributed by atoms with Crippen molar-refractivity contribution in [3.8, 4) is 0 Å². The molecule has 0 aliphatic rings. The third-order valence-electron chi connectivity index (χ3n) is 3.73. The van der Waals surface area contributed by atoms with Crippen LogP contribution in [0.25, 0.3) is 10.8 Å². The Labute approximate surface area is 110 Å². The van der Waals surface area contributed by atoms with E-state index in [0.29, 0.717) is 11.8 Å². The number of nitrogens with zero attached hydrogens (tertiary/aromatic N) is 3. The van der Waals surface area contributed by atoms with Gasteiger partial charge in [-0.3, -0.25) is 4.79 Å². The molecule has 0 radical (unpaired) electrons. The van der Waals surface area contributed by atoms with E-state index in [1.54, 1.807) is 13.1 Å². The molecular weight excluding hydrogens is 246 g/mol. The summed E-state index contributed by atoms with van der Waals surface area (Å²) in [6.45, 7) is 5.48. The zero-order valence-electron chi connectivity index (χ0n) is 11.5. The molecule has 0 aliphatic carbocycles. The summed E-state index contributed by atoms with van der Waals surface area (Å²) < 4.78 is 2.98. The number of carboxylic acids is 1. The zero-order chi connectivity index (χ0) is 14.3. The van der Waals surface area contributed by atoms with Crippen LogP contribution in [0.15, 0.2) is 11.0 Å². The lowest BCUT2D eigenvalue weighted by Gasteiger charge is -2.11. The Balaban J connectivity index is 2.81. The average molecular weight is 263 g/mol. The van der Waals surface area contributed by atoms with E-state index in [9.17, 15) is 9.59 Å². The quantitative estimate of drug-likeness (QED) is 0.907. The molecule has 2 heterocycles. The van der Waals surface area contributed by atoms with Crippen molar-refractivity contribution in [2.45, 2.75) is 33.2 Å². The first-order valence-electron chi connectivity index (χ1n) is 6.16. The monoisotopic (exact) mass is 263 g/mol. The second-order valence-corrected chi connectivity index (χ2v) is 4.68. The molecule has 1 unspecified atom stereocenters. The van der Waals surface area contributed by atoms with Crippen LogP contribution >= 0.6 is 0 Å². The van der Waals surface area contributed by atoms with Crippen molar-refractivity contribution in [1.29, 1.82) is 0 Å². The highest BCUT2D eigenvalue weighted by Gasteiger charge is 2.22. The lowest BCUT2D eigenvalue weighted by Crippen LogP contribution is -2.31. The maximum absolute atomic E-state index is 12.4. The van der Waals surface area contributed by atoms with Crippen LogP contribution in [0.2, 0.25) is 0 Å². The maximum Gasteiger partial charge on any atom is 0.328 e. The molecule has 6 nitrogen and oxygen atoms in total. The maximum atomic E-state index is 12.4. The fraction of sp³-hybridized carbons (Fsp3) is 0.462. The molecule has 1 atom stereocenters. The molecule has 0 saturated carbocycles. The Bertz CT molecular complexity index is 712. The number of carbonyl (C=O) groups is 1. The van der Waals surface area contributed by atoms with E-state index in [1.165, 1.54) is 0 Å². The number of rotatable bonds is 3. The van der Waals surface area contributed by atoms with Crippen molar-refractivity contribution in [2.75, 3.05) is 0 Å². The predicted octanol–water partition coefficient (Wildman–Crippen LogP) is 1.39. The highest BCUT2D eigenvalue weighted by molar-refractivity contribution is 5.87. The summed E-state index contributed by atoms with van der Waals surface area (Å²) in [4.78, 5) is 23.6. The van der Waals surface area contributed by atoms with Crippen LogP contribution in [0.1, 0.15) is 30.8 Å². The van der Waals surface area contributed by atoms with Gasteiger partial charge < -0.3 is 9.67 Å². The van der Waals surface area contributed by atoms with Crippen LogP contribution in [0.3, 0.4) is 0 Å². The van der Waals surface area contributed by atoms with Gasteiger partial charge in [0.25, 0.3) is 5.56 Å². The Hall–Kier alpha value is -2.11. The first kappa shape index (κ1) is 13.3. The van der Waals surface area contributed by atoms with Crippen molar-refractivity contribution in [2.24, 2.45) is 7.05 Å². The van der Waals surface area contributed by atoms with Crippen molar-refractivity contribution in [3.05, 3.63) is 27.9 Å². The van der Waals surface area contributed by atoms with Crippen LogP contribution in [0, 0.1) is 13.8 Å². The largest absolute Gasteiger partial charge is 0.480 e. The molecule has 0 aliphatic heterocycles. The van der Waals surface area contributed by atoms with Crippen molar-refractivity contribution in [1.82, 2.24) is 14.3 Å². The van der Waals surface area contributed by atoms with Crippen LogP contribution in [-0.2, 0) is 11.8 Å². The average Bonchev–Trinajstić information content (AvgIpc) is 2.58. The second kappa shape index (κ2) is 4.53. The van der Waals surface area contributed by atoms with E-state index in [-0.39, 0.29) is 5.56 Å². The Morgan fingerprint density at radius 2 is 2.05 bits per heavy atom. The van der Waals surface area contributed by atoms with Crippen LogP contribution < -0.4 is 5.56 Å². The number of hydrogen-bond acceptors (Lipinski definition) is 3. The molecule has 6 heteroatoms. The molecule has 2 rings (SSSR count). The third-order valence-corrected chi connectivity index (χ3v) is 3.73. The highest BCUT2D eigenvalue weighted by atomic mass is 16.4. The second-order valence-electron chi connectivity index (χ2n) is 4.68. The summed E-state index contributed by atoms with van der Waals surface area (Å²) in [5, 5.41) is 14.5. The zero-order valence-corrected chi connectivity index (χ0v) is 11.5. The van der Waals surface area contributed by atoms with Crippen LogP contribution in [0.4, 0.5) is 0 Å². The van der Waals surface area contributed by atoms with Gasteiger partial charge in [-0.05, 0) is 20.3 Å². The van der Waals surface area contributed by atoms with Crippen LogP contribution in [0.5, 0.6) is 0 Å². The van der Waals surface area contributed by atoms with Gasteiger partial charge in [0.05, 0.1) is 11.6 Å². The molecule has 19 heavy (non-hydrogen) atoms. The molecule has 2 aromatic heterocycles. The fourth-order valence-corrected chi connectivity index (χ4v) is 2.36. The van der Waals surface area contributed by atoms with Gasteiger partial charge in [0.1, 0.15) is 0 Å². The van der Waals surface area contributed by atoms with Gasteiger partial charge in [-0.25, -0.2) is 9.48 Å². The molecule has 1 N–H and O–H groups in total. The van der Waals surface area contributed by atoms with E-state index in [0.717, 1.165) is 21.5 Å². The van der Waals surface area contributed by atoms with Gasteiger partial charge in [0.15, 0.2) is 6.04 Å². The number of hydrogen-bond donors (Lipinski definition) is 1. The third kappa shape index (κ3) is 1.83. The fourth-order valence-electron chi connectivity index (χ4n) is 2.36. The molecule has 2 aromatic rings. The van der Waals surface area contributed by atoms with Gasteiger partial charge in [-0.2, -0.15) is 5.10 Å². The Morgan fingerprint density at radius 1 is 1.42 bits per heavy atom. The smallest absolute Gasteiger partial charge is 0.328 e. The topological polar surface area (TPSA) is 77.1 Å². The molecule has 0 amide bonds. The first-order valence-corrected chi connectivity index (χ1v) is 6.16. The van der Waals surface area contributed by atoms with Gasteiger partial charge in [0, 0.05) is 23.8 Å². The lowest BCUT2D eigenvalue weighted by molar-refractivity contribution is -0.141. The summed E-state index contributed by atoms with van der Waals surface area (Å²) >= 11 is 0. The van der Waals surface area contributed by atoms with E-state index in [2.05, 4.69) is 5.10 Å². The number of aryl methyl sites for hydroxylation is 2. The number of carboxylic acid groups (broad SMARTS) is 1. The minimum atomic E-state index is -1.04. The minimum Gasteiger partial charge on any atom is -0.480 e. The SMILES string of the molecule is CCC(C(=O)O)n1ncc2c(C)n(C)c(C)c2c1=O. The number of fused-ring (bicyclic) bond motifs is 1. The van der Waals surface area contributed by atoms with Gasteiger partial charge in [0.2, 0.25) is 0 Å². The standard InChI is InChI=1S/C13H17N3O3/c1-5-10(13(18)19)16-12(17)11-8(3)15(4)7(2)9(11)6-14-16/h6,10H,5H2,1-4H3,(H,18,19). The highest BCUT2D eigenvalue weighted by Crippen LogP contribution is 2.21. The summed E-state index contributed by atoms with van der Waals surface area (Å²) in [7, 11) is 1.88. The number of aliphatic carboxylic acids is 1. The molecular formula is C13H17N3O3. The molecule has 0 saturated heterocycles. The van der Waals surface area contributed by atoms with Crippen molar-refractivity contribution < 1.29 is 9.90 Å². The van der Waals surface area contributed by atoms with Crippen molar-refractivity contribution in [3.63, 3.8) is 0 Å². The lowest BCUT2D eigenvalue weighted by atomic mass is 10.2. The summed E-state index contributed by atoms with van der Waals surface area (Å²) in [6.07, 6.45) is 1.89.